The number of methoxy groups -OCH3 is 1. The van der Waals surface area contributed by atoms with Crippen LogP contribution in [0.3, 0.4) is 0 Å². The van der Waals surface area contributed by atoms with Gasteiger partial charge in [0.1, 0.15) is 0 Å². The van der Waals surface area contributed by atoms with Crippen molar-refractivity contribution < 1.29 is 9.47 Å². The third-order valence-corrected chi connectivity index (χ3v) is 6.05. The van der Waals surface area contributed by atoms with Gasteiger partial charge in [-0.1, -0.05) is 20.8 Å². The highest BCUT2D eigenvalue weighted by Crippen LogP contribution is 2.42. The SMILES string of the molecule is COC(C(NN)C1CCOC2(CCSCC2)C1)C(C)(C)C. The Morgan fingerprint density at radius 3 is 2.52 bits per heavy atom. The molecule has 0 bridgehead atoms. The van der Waals surface area contributed by atoms with Crippen molar-refractivity contribution in [3.05, 3.63) is 0 Å². The molecule has 2 fully saturated rings. The lowest BCUT2D eigenvalue weighted by Crippen LogP contribution is -2.57. The van der Waals surface area contributed by atoms with E-state index in [1.54, 1.807) is 7.11 Å². The molecular weight excluding hydrogens is 284 g/mol. The lowest BCUT2D eigenvalue weighted by Gasteiger charge is -2.48. The minimum Gasteiger partial charge on any atom is -0.379 e. The predicted octanol–water partition coefficient (Wildman–Crippen LogP) is 2.57. The van der Waals surface area contributed by atoms with E-state index < -0.39 is 0 Å². The van der Waals surface area contributed by atoms with E-state index in [2.05, 4.69) is 26.2 Å². The second-order valence-corrected chi connectivity index (χ2v) is 8.84. The number of hydrazine groups is 1. The third kappa shape index (κ3) is 4.14. The number of thioether (sulfide) groups is 1. The van der Waals surface area contributed by atoms with Crippen LogP contribution in [0.2, 0.25) is 0 Å². The maximum Gasteiger partial charge on any atom is 0.0788 e. The molecule has 0 amide bonds. The number of hydrogen-bond donors (Lipinski definition) is 2. The molecule has 0 aromatic rings. The van der Waals surface area contributed by atoms with Gasteiger partial charge in [-0.05, 0) is 48.5 Å². The Kier molecular flexibility index (Phi) is 5.99. The topological polar surface area (TPSA) is 56.5 Å². The molecule has 2 rings (SSSR count). The summed E-state index contributed by atoms with van der Waals surface area (Å²) in [6.07, 6.45) is 4.65. The van der Waals surface area contributed by atoms with E-state index in [9.17, 15) is 0 Å². The van der Waals surface area contributed by atoms with Gasteiger partial charge in [-0.15, -0.1) is 0 Å². The number of hydrogen-bond acceptors (Lipinski definition) is 5. The summed E-state index contributed by atoms with van der Waals surface area (Å²) in [6, 6.07) is 0.186. The smallest absolute Gasteiger partial charge is 0.0788 e. The fraction of sp³-hybridized carbons (Fsp3) is 1.00. The highest BCUT2D eigenvalue weighted by Gasteiger charge is 2.44. The molecule has 0 aromatic heterocycles. The molecule has 1 spiro atoms. The number of rotatable bonds is 4. The van der Waals surface area contributed by atoms with Crippen LogP contribution in [0.1, 0.15) is 46.5 Å². The first-order valence-electron chi connectivity index (χ1n) is 8.12. The van der Waals surface area contributed by atoms with Crippen molar-refractivity contribution in [1.29, 1.82) is 0 Å². The average Bonchev–Trinajstić information content (AvgIpc) is 2.44. The summed E-state index contributed by atoms with van der Waals surface area (Å²) in [5.41, 5.74) is 3.23. The average molecular weight is 317 g/mol. The summed E-state index contributed by atoms with van der Waals surface area (Å²) in [5.74, 6) is 8.89. The van der Waals surface area contributed by atoms with Gasteiger partial charge in [0.05, 0.1) is 17.7 Å². The standard InChI is InChI=1S/C16H32N2O2S/c1-15(2,3)14(19-4)13(18-17)12-5-8-20-16(11-12)6-9-21-10-7-16/h12-14,18H,5-11,17H2,1-4H3. The Morgan fingerprint density at radius 1 is 1.33 bits per heavy atom. The van der Waals surface area contributed by atoms with Gasteiger partial charge in [0, 0.05) is 13.7 Å². The Labute approximate surface area is 133 Å². The van der Waals surface area contributed by atoms with Crippen LogP contribution in [0.5, 0.6) is 0 Å². The predicted molar refractivity (Wildman–Crippen MR) is 89.3 cm³/mol. The normalized spacial score (nSPS) is 29.3. The van der Waals surface area contributed by atoms with Crippen LogP contribution < -0.4 is 11.3 Å². The summed E-state index contributed by atoms with van der Waals surface area (Å²) in [5, 5.41) is 0. The largest absolute Gasteiger partial charge is 0.379 e. The molecule has 3 unspecified atom stereocenters. The van der Waals surface area contributed by atoms with Crippen molar-refractivity contribution in [2.45, 2.75) is 64.2 Å². The van der Waals surface area contributed by atoms with Gasteiger partial charge in [-0.2, -0.15) is 11.8 Å². The summed E-state index contributed by atoms with van der Waals surface area (Å²) >= 11 is 2.05. The van der Waals surface area contributed by atoms with Gasteiger partial charge in [-0.3, -0.25) is 11.3 Å². The summed E-state index contributed by atoms with van der Waals surface area (Å²) < 4.78 is 12.0. The van der Waals surface area contributed by atoms with E-state index in [4.69, 9.17) is 15.3 Å². The first-order chi connectivity index (χ1) is 9.92. The zero-order chi connectivity index (χ0) is 15.5. The maximum atomic E-state index is 6.21. The fourth-order valence-corrected chi connectivity index (χ4v) is 5.21. The van der Waals surface area contributed by atoms with Crippen LogP contribution in [0, 0.1) is 11.3 Å². The lowest BCUT2D eigenvalue weighted by molar-refractivity contribution is -0.122. The van der Waals surface area contributed by atoms with Crippen molar-refractivity contribution in [3.8, 4) is 0 Å². The number of nitrogens with two attached hydrogens (primary N) is 1. The molecule has 21 heavy (non-hydrogen) atoms. The van der Waals surface area contributed by atoms with Gasteiger partial charge >= 0.3 is 0 Å². The van der Waals surface area contributed by atoms with Crippen molar-refractivity contribution in [2.75, 3.05) is 25.2 Å². The van der Waals surface area contributed by atoms with E-state index in [0.29, 0.717) is 5.92 Å². The van der Waals surface area contributed by atoms with E-state index >= 15 is 0 Å². The zero-order valence-electron chi connectivity index (χ0n) is 14.0. The molecule has 2 aliphatic rings. The quantitative estimate of drug-likeness (QED) is 0.617. The van der Waals surface area contributed by atoms with Crippen molar-refractivity contribution in [2.24, 2.45) is 17.2 Å². The minimum absolute atomic E-state index is 0.0691. The van der Waals surface area contributed by atoms with Crippen LogP contribution in [0.4, 0.5) is 0 Å². The van der Waals surface area contributed by atoms with Gasteiger partial charge in [-0.25, -0.2) is 0 Å². The molecule has 3 atom stereocenters. The summed E-state index contributed by atoms with van der Waals surface area (Å²) in [7, 11) is 1.80. The number of ether oxygens (including phenoxy) is 2. The van der Waals surface area contributed by atoms with E-state index in [0.717, 1.165) is 19.4 Å². The van der Waals surface area contributed by atoms with Crippen molar-refractivity contribution in [3.63, 3.8) is 0 Å². The minimum atomic E-state index is 0.0691. The van der Waals surface area contributed by atoms with Crippen molar-refractivity contribution >= 4 is 11.8 Å². The van der Waals surface area contributed by atoms with Crippen LogP contribution in [-0.2, 0) is 9.47 Å². The Balaban J connectivity index is 2.10. The van der Waals surface area contributed by atoms with Crippen LogP contribution in [-0.4, -0.2) is 43.0 Å². The molecule has 3 N–H and O–H groups in total. The van der Waals surface area contributed by atoms with E-state index in [1.807, 2.05) is 11.8 Å². The monoisotopic (exact) mass is 316 g/mol. The molecular formula is C16H32N2O2S. The van der Waals surface area contributed by atoms with Crippen LogP contribution in [0.25, 0.3) is 0 Å². The van der Waals surface area contributed by atoms with E-state index in [-0.39, 0.29) is 23.2 Å². The molecule has 4 nitrogen and oxygen atoms in total. The Bertz CT molecular complexity index is 321. The molecule has 2 heterocycles. The zero-order valence-corrected chi connectivity index (χ0v) is 14.8. The number of nitrogens with one attached hydrogen (secondary N) is 1. The maximum absolute atomic E-state index is 6.21. The summed E-state index contributed by atoms with van der Waals surface area (Å²) in [4.78, 5) is 0. The van der Waals surface area contributed by atoms with Gasteiger partial charge in [0.2, 0.25) is 0 Å². The highest BCUT2D eigenvalue weighted by molar-refractivity contribution is 7.99. The van der Waals surface area contributed by atoms with E-state index in [1.165, 1.54) is 24.3 Å². The molecule has 0 saturated carbocycles. The first-order valence-corrected chi connectivity index (χ1v) is 9.28. The fourth-order valence-electron chi connectivity index (χ4n) is 3.97. The third-order valence-electron chi connectivity index (χ3n) is 5.07. The molecule has 0 aliphatic carbocycles. The molecule has 5 heteroatoms. The summed E-state index contributed by atoms with van der Waals surface area (Å²) in [6.45, 7) is 7.52. The van der Waals surface area contributed by atoms with Gasteiger partial charge in [0.25, 0.3) is 0 Å². The van der Waals surface area contributed by atoms with Gasteiger partial charge in [0.15, 0.2) is 0 Å². The van der Waals surface area contributed by atoms with Crippen LogP contribution in [0.15, 0.2) is 0 Å². The second-order valence-electron chi connectivity index (χ2n) is 7.61. The molecule has 2 saturated heterocycles. The van der Waals surface area contributed by atoms with Gasteiger partial charge < -0.3 is 9.47 Å². The van der Waals surface area contributed by atoms with Crippen LogP contribution >= 0.6 is 11.8 Å². The lowest BCUT2D eigenvalue weighted by atomic mass is 9.73. The molecule has 124 valence electrons. The van der Waals surface area contributed by atoms with Crippen molar-refractivity contribution in [1.82, 2.24) is 5.43 Å². The first kappa shape index (κ1) is 17.5. The molecule has 0 radical (unpaired) electrons. The Hall–Kier alpha value is 0.190. The molecule has 0 aromatic carbocycles. The highest BCUT2D eigenvalue weighted by atomic mass is 32.2. The molecule has 2 aliphatic heterocycles. The second kappa shape index (κ2) is 7.18. The Morgan fingerprint density at radius 2 is 2.00 bits per heavy atom.